The summed E-state index contributed by atoms with van der Waals surface area (Å²) in [6.07, 6.45) is 5.38. The Morgan fingerprint density at radius 3 is 2.78 bits per heavy atom. The third-order valence-electron chi connectivity index (χ3n) is 3.99. The number of hydrogen-bond acceptors (Lipinski definition) is 4. The highest BCUT2D eigenvalue weighted by Crippen LogP contribution is 2.37. The Kier molecular flexibility index (Phi) is 4.76. The molecule has 0 saturated heterocycles. The standard InChI is InChI=1S/C18H19NO4/c20-18(21)11-14-4-3-13-10-15(5-6-17(13)14)22-8-9-23-16-2-1-7-19-12-16/h1-2,5-7,10,12,14H,3-4,8-9,11H2,(H,20,21)/t14-/m0/s1. The Balaban J connectivity index is 1.51. The van der Waals surface area contributed by atoms with Crippen molar-refractivity contribution in [3.05, 3.63) is 53.9 Å². The van der Waals surface area contributed by atoms with Crippen molar-refractivity contribution in [2.75, 3.05) is 13.2 Å². The Hall–Kier alpha value is -2.56. The first kappa shape index (κ1) is 15.3. The fourth-order valence-electron chi connectivity index (χ4n) is 2.95. The van der Waals surface area contributed by atoms with E-state index in [1.807, 2.05) is 30.3 Å². The number of aliphatic carboxylic acids is 1. The van der Waals surface area contributed by atoms with Crippen LogP contribution in [0.15, 0.2) is 42.7 Å². The average Bonchev–Trinajstić information content (AvgIpc) is 2.94. The zero-order valence-corrected chi connectivity index (χ0v) is 12.8. The van der Waals surface area contributed by atoms with Crippen LogP contribution in [0.4, 0.5) is 0 Å². The summed E-state index contributed by atoms with van der Waals surface area (Å²) in [4.78, 5) is 14.9. The van der Waals surface area contributed by atoms with E-state index in [1.54, 1.807) is 12.4 Å². The molecule has 0 radical (unpaired) electrons. The van der Waals surface area contributed by atoms with E-state index in [2.05, 4.69) is 4.98 Å². The van der Waals surface area contributed by atoms with Crippen LogP contribution in [0.1, 0.15) is 29.9 Å². The van der Waals surface area contributed by atoms with E-state index in [4.69, 9.17) is 14.6 Å². The highest BCUT2D eigenvalue weighted by atomic mass is 16.5. The summed E-state index contributed by atoms with van der Waals surface area (Å²) < 4.78 is 11.2. The fourth-order valence-corrected chi connectivity index (χ4v) is 2.95. The van der Waals surface area contributed by atoms with Gasteiger partial charge in [0.15, 0.2) is 0 Å². The van der Waals surface area contributed by atoms with Crippen molar-refractivity contribution in [2.45, 2.75) is 25.2 Å². The van der Waals surface area contributed by atoms with Gasteiger partial charge in [0.25, 0.3) is 0 Å². The van der Waals surface area contributed by atoms with Gasteiger partial charge in [0.1, 0.15) is 24.7 Å². The van der Waals surface area contributed by atoms with Gasteiger partial charge >= 0.3 is 5.97 Å². The van der Waals surface area contributed by atoms with Crippen LogP contribution >= 0.6 is 0 Å². The molecule has 0 amide bonds. The maximum atomic E-state index is 10.9. The number of aryl methyl sites for hydroxylation is 1. The first-order chi connectivity index (χ1) is 11.2. The van der Waals surface area contributed by atoms with E-state index in [9.17, 15) is 4.79 Å². The number of fused-ring (bicyclic) bond motifs is 1. The molecule has 5 nitrogen and oxygen atoms in total. The van der Waals surface area contributed by atoms with Crippen molar-refractivity contribution >= 4 is 5.97 Å². The third-order valence-corrected chi connectivity index (χ3v) is 3.99. The molecule has 0 unspecified atom stereocenters. The molecule has 1 aromatic carbocycles. The number of carboxylic acids is 1. The number of rotatable bonds is 7. The molecular weight excluding hydrogens is 294 g/mol. The van der Waals surface area contributed by atoms with E-state index in [-0.39, 0.29) is 12.3 Å². The number of ether oxygens (including phenoxy) is 2. The Labute approximate surface area is 134 Å². The molecule has 1 aliphatic carbocycles. The zero-order chi connectivity index (χ0) is 16.1. The summed E-state index contributed by atoms with van der Waals surface area (Å²) in [5, 5.41) is 8.95. The Bertz CT molecular complexity index is 672. The van der Waals surface area contributed by atoms with Crippen molar-refractivity contribution in [2.24, 2.45) is 0 Å². The highest BCUT2D eigenvalue weighted by molar-refractivity contribution is 5.68. The summed E-state index contributed by atoms with van der Waals surface area (Å²) in [5.74, 6) is 0.914. The van der Waals surface area contributed by atoms with Gasteiger partial charge in [-0.3, -0.25) is 9.78 Å². The SMILES string of the molecule is O=C(O)C[C@@H]1CCc2cc(OCCOc3cccnc3)ccc21. The lowest BCUT2D eigenvalue weighted by Crippen LogP contribution is -2.09. The number of pyridine rings is 1. The molecule has 0 aliphatic heterocycles. The molecule has 120 valence electrons. The second-order valence-corrected chi connectivity index (χ2v) is 5.58. The predicted molar refractivity (Wildman–Crippen MR) is 85.0 cm³/mol. The van der Waals surface area contributed by atoms with E-state index in [1.165, 1.54) is 5.56 Å². The molecule has 0 fully saturated rings. The van der Waals surface area contributed by atoms with E-state index < -0.39 is 5.97 Å². The van der Waals surface area contributed by atoms with Crippen molar-refractivity contribution in [1.29, 1.82) is 0 Å². The quantitative estimate of drug-likeness (QED) is 0.796. The summed E-state index contributed by atoms with van der Waals surface area (Å²) in [6.45, 7) is 0.899. The van der Waals surface area contributed by atoms with Crippen LogP contribution in [0.3, 0.4) is 0 Å². The normalized spacial score (nSPS) is 15.9. The van der Waals surface area contributed by atoms with Gasteiger partial charge in [-0.25, -0.2) is 0 Å². The van der Waals surface area contributed by atoms with Crippen LogP contribution in [0.2, 0.25) is 0 Å². The molecule has 3 rings (SSSR count). The van der Waals surface area contributed by atoms with Crippen molar-refractivity contribution in [1.82, 2.24) is 4.98 Å². The molecule has 0 bridgehead atoms. The smallest absolute Gasteiger partial charge is 0.303 e. The maximum Gasteiger partial charge on any atom is 0.303 e. The molecule has 1 aliphatic rings. The minimum atomic E-state index is -0.740. The predicted octanol–water partition coefficient (Wildman–Crippen LogP) is 3.04. The molecule has 1 atom stereocenters. The van der Waals surface area contributed by atoms with Crippen LogP contribution < -0.4 is 9.47 Å². The van der Waals surface area contributed by atoms with E-state index >= 15 is 0 Å². The minimum Gasteiger partial charge on any atom is -0.490 e. The van der Waals surface area contributed by atoms with Gasteiger partial charge in [0, 0.05) is 6.20 Å². The molecule has 1 aromatic heterocycles. The van der Waals surface area contributed by atoms with Gasteiger partial charge in [-0.15, -0.1) is 0 Å². The molecule has 1 heterocycles. The zero-order valence-electron chi connectivity index (χ0n) is 12.8. The van der Waals surface area contributed by atoms with Crippen molar-refractivity contribution < 1.29 is 19.4 Å². The number of nitrogens with zero attached hydrogens (tertiary/aromatic N) is 1. The first-order valence-corrected chi connectivity index (χ1v) is 7.72. The molecule has 0 spiro atoms. The number of aromatic nitrogens is 1. The highest BCUT2D eigenvalue weighted by Gasteiger charge is 2.24. The average molecular weight is 313 g/mol. The van der Waals surface area contributed by atoms with Gasteiger partial charge < -0.3 is 14.6 Å². The van der Waals surface area contributed by atoms with Crippen LogP contribution in [-0.4, -0.2) is 29.3 Å². The molecule has 2 aromatic rings. The summed E-state index contributed by atoms with van der Waals surface area (Å²) in [5.41, 5.74) is 2.34. The second kappa shape index (κ2) is 7.13. The molecular formula is C18H19NO4. The summed E-state index contributed by atoms with van der Waals surface area (Å²) >= 11 is 0. The number of carboxylic acid groups (broad SMARTS) is 1. The van der Waals surface area contributed by atoms with E-state index in [0.717, 1.165) is 29.9 Å². The fraction of sp³-hybridized carbons (Fsp3) is 0.333. The first-order valence-electron chi connectivity index (χ1n) is 7.72. The van der Waals surface area contributed by atoms with Crippen molar-refractivity contribution in [3.63, 3.8) is 0 Å². The van der Waals surface area contributed by atoms with Gasteiger partial charge in [0.2, 0.25) is 0 Å². The van der Waals surface area contributed by atoms with E-state index in [0.29, 0.717) is 13.2 Å². The van der Waals surface area contributed by atoms with Gasteiger partial charge in [-0.1, -0.05) is 6.07 Å². The van der Waals surface area contributed by atoms with Crippen LogP contribution in [-0.2, 0) is 11.2 Å². The van der Waals surface area contributed by atoms with Gasteiger partial charge in [0.05, 0.1) is 12.6 Å². The Morgan fingerprint density at radius 1 is 1.22 bits per heavy atom. The van der Waals surface area contributed by atoms with Gasteiger partial charge in [-0.2, -0.15) is 0 Å². The molecule has 23 heavy (non-hydrogen) atoms. The topological polar surface area (TPSA) is 68.7 Å². The van der Waals surface area contributed by atoms with Crippen molar-refractivity contribution in [3.8, 4) is 11.5 Å². The third kappa shape index (κ3) is 4.00. The lowest BCUT2D eigenvalue weighted by atomic mass is 9.98. The summed E-state index contributed by atoms with van der Waals surface area (Å²) in [7, 11) is 0. The lowest BCUT2D eigenvalue weighted by molar-refractivity contribution is -0.137. The largest absolute Gasteiger partial charge is 0.490 e. The molecule has 1 N–H and O–H groups in total. The maximum absolute atomic E-state index is 10.9. The minimum absolute atomic E-state index is 0.130. The second-order valence-electron chi connectivity index (χ2n) is 5.58. The van der Waals surface area contributed by atoms with Crippen LogP contribution in [0.25, 0.3) is 0 Å². The van der Waals surface area contributed by atoms with Crippen LogP contribution in [0.5, 0.6) is 11.5 Å². The number of carbonyl (C=O) groups is 1. The number of hydrogen-bond donors (Lipinski definition) is 1. The number of benzene rings is 1. The Morgan fingerprint density at radius 2 is 2.04 bits per heavy atom. The monoisotopic (exact) mass is 313 g/mol. The summed E-state index contributed by atoms with van der Waals surface area (Å²) in [6, 6.07) is 9.59. The van der Waals surface area contributed by atoms with Gasteiger partial charge in [-0.05, 0) is 54.2 Å². The molecule has 0 saturated carbocycles. The molecule has 5 heteroatoms. The van der Waals surface area contributed by atoms with Crippen LogP contribution in [0, 0.1) is 0 Å². The lowest BCUT2D eigenvalue weighted by Gasteiger charge is -2.11.